The molecule has 6 unspecified atom stereocenters. The van der Waals surface area contributed by atoms with Gasteiger partial charge in [-0.05, 0) is 67.8 Å². The van der Waals surface area contributed by atoms with Crippen molar-refractivity contribution in [1.82, 2.24) is 14.7 Å². The molecule has 2 aliphatic carbocycles. The van der Waals surface area contributed by atoms with Gasteiger partial charge >= 0.3 is 6.09 Å². The Balaban J connectivity index is 1.26. The monoisotopic (exact) mass is 728 g/mol. The second-order valence-electron chi connectivity index (χ2n) is 13.8. The number of fused-ring (bicyclic) bond motifs is 5. The number of phenols is 1. The number of likely N-dealkylation sites (tertiary alicyclic amines) is 1. The lowest BCUT2D eigenvalue weighted by molar-refractivity contribution is -0.138. The molecular weight excluding hydrogens is 696 g/mol. The van der Waals surface area contributed by atoms with Crippen LogP contribution in [0.25, 0.3) is 20.7 Å². The summed E-state index contributed by atoms with van der Waals surface area (Å²) < 4.78 is 12.6. The molecule has 5 amide bonds. The van der Waals surface area contributed by atoms with Crippen molar-refractivity contribution in [2.24, 2.45) is 36.1 Å². The quantitative estimate of drug-likeness (QED) is 0.198. The highest BCUT2D eigenvalue weighted by atomic mass is 35.5. The first kappa shape index (κ1) is 33.2. The van der Waals surface area contributed by atoms with Gasteiger partial charge in [-0.1, -0.05) is 29.3 Å². The Bertz CT molecular complexity index is 2280. The number of hydrogen-bond acceptors (Lipinski definition) is 10. The second kappa shape index (κ2) is 11.5. The van der Waals surface area contributed by atoms with Crippen LogP contribution in [0.3, 0.4) is 0 Å². The summed E-state index contributed by atoms with van der Waals surface area (Å²) in [5, 5.41) is 17.8. The average Bonchev–Trinajstić information content (AvgIpc) is 3.78. The Hall–Kier alpha value is -5.01. The van der Waals surface area contributed by atoms with E-state index in [-0.39, 0.29) is 24.4 Å². The van der Waals surface area contributed by atoms with Gasteiger partial charge in [0.25, 0.3) is 0 Å². The lowest BCUT2D eigenvalue weighted by Gasteiger charge is -2.49. The largest absolute Gasteiger partial charge is 0.508 e. The summed E-state index contributed by atoms with van der Waals surface area (Å²) >= 11 is 7.82. The summed E-state index contributed by atoms with van der Waals surface area (Å²) in [5.74, 6) is -6.02. The minimum Gasteiger partial charge on any atom is -0.508 e. The summed E-state index contributed by atoms with van der Waals surface area (Å²) in [6, 6.07) is 12.2. The predicted octanol–water partition coefficient (Wildman–Crippen LogP) is 5.97. The molecule has 262 valence electrons. The van der Waals surface area contributed by atoms with Gasteiger partial charge in [0.05, 0.1) is 42.3 Å². The lowest BCUT2D eigenvalue weighted by atomic mass is 9.51. The van der Waals surface area contributed by atoms with Crippen LogP contribution < -0.4 is 9.64 Å². The van der Waals surface area contributed by atoms with E-state index in [9.17, 15) is 29.1 Å². The van der Waals surface area contributed by atoms with E-state index in [4.69, 9.17) is 26.2 Å². The molecule has 4 aliphatic rings. The maximum atomic E-state index is 15.0. The zero-order valence-corrected chi connectivity index (χ0v) is 29.9. The molecule has 1 saturated carbocycles. The standard InChI is InChI=1S/C37H33ClN4O8S/c1-16-22-12-17(38)6-11-27(22)51-31(16)25-15-28(40(3)39-25)41-33(45)24-14-23-19(9-10-21-29(23)34(46)42(32(21)44)36(48)50-5)30(37(24,2)35(41)47)20-8-7-18(49-4)13-26(20)43/h6-9,11-13,15,21,23-24,29-30,43H,10,14H2,1-5H3. The van der Waals surface area contributed by atoms with Gasteiger partial charge < -0.3 is 14.6 Å². The maximum absolute atomic E-state index is 15.0. The molecule has 8 rings (SSSR count). The summed E-state index contributed by atoms with van der Waals surface area (Å²) in [7, 11) is 4.24. The highest BCUT2D eigenvalue weighted by Crippen LogP contribution is 2.64. The van der Waals surface area contributed by atoms with Crippen LogP contribution in [-0.2, 0) is 31.0 Å². The average molecular weight is 729 g/mol. The normalized spacial score (nSPS) is 27.1. The first-order valence-electron chi connectivity index (χ1n) is 16.5. The molecule has 0 bridgehead atoms. The van der Waals surface area contributed by atoms with E-state index in [2.05, 4.69) is 0 Å². The van der Waals surface area contributed by atoms with E-state index in [1.54, 1.807) is 32.2 Å². The molecule has 2 aromatic carbocycles. The number of carbonyl (C=O) groups excluding carboxylic acids is 5. The SMILES string of the molecule is COC(=O)N1C(=O)C2CC=C3C(CC4C(=O)N(c5cc(-c6sc7ccc(Cl)cc7c6C)nn5C)C(=O)C4(C)C3c3ccc(OC)cc3O)C2C1=O. The van der Waals surface area contributed by atoms with Crippen LogP contribution in [0.5, 0.6) is 11.5 Å². The highest BCUT2D eigenvalue weighted by Gasteiger charge is 2.68. The van der Waals surface area contributed by atoms with Gasteiger partial charge in [-0.25, -0.2) is 9.69 Å². The number of carbonyl (C=O) groups is 5. The van der Waals surface area contributed by atoms with Crippen molar-refractivity contribution in [3.05, 3.63) is 70.3 Å². The smallest absolute Gasteiger partial charge is 0.423 e. The number of rotatable bonds is 4. The Morgan fingerprint density at radius 3 is 2.51 bits per heavy atom. The zero-order valence-electron chi connectivity index (χ0n) is 28.3. The van der Waals surface area contributed by atoms with Crippen molar-refractivity contribution in [3.63, 3.8) is 0 Å². The van der Waals surface area contributed by atoms with Crippen LogP contribution in [0.4, 0.5) is 10.6 Å². The van der Waals surface area contributed by atoms with E-state index >= 15 is 0 Å². The number of aromatic hydroxyl groups is 1. The number of allylic oxidation sites excluding steroid dienone is 2. The second-order valence-corrected chi connectivity index (χ2v) is 15.3. The van der Waals surface area contributed by atoms with Gasteiger partial charge in [0.15, 0.2) is 0 Å². The van der Waals surface area contributed by atoms with Gasteiger partial charge in [0.1, 0.15) is 23.0 Å². The number of hydrogen-bond donors (Lipinski definition) is 1. The van der Waals surface area contributed by atoms with Crippen molar-refractivity contribution in [3.8, 4) is 22.1 Å². The Labute approximate surface area is 301 Å². The van der Waals surface area contributed by atoms with Crippen molar-refractivity contribution < 1.29 is 38.6 Å². The first-order chi connectivity index (χ1) is 24.3. The number of methoxy groups -OCH3 is 2. The minimum atomic E-state index is -1.40. The van der Waals surface area contributed by atoms with E-state index in [0.717, 1.165) is 27.6 Å². The number of anilines is 1. The number of amides is 5. The molecule has 0 radical (unpaired) electrons. The third kappa shape index (κ3) is 4.50. The van der Waals surface area contributed by atoms with Gasteiger partial charge in [0, 0.05) is 40.4 Å². The van der Waals surface area contributed by atoms with E-state index in [0.29, 0.717) is 32.5 Å². The molecule has 12 nitrogen and oxygen atoms in total. The molecule has 51 heavy (non-hydrogen) atoms. The lowest BCUT2D eigenvalue weighted by Crippen LogP contribution is -2.49. The molecule has 0 spiro atoms. The summed E-state index contributed by atoms with van der Waals surface area (Å²) in [6.45, 7) is 3.71. The van der Waals surface area contributed by atoms with Crippen LogP contribution >= 0.6 is 22.9 Å². The fraction of sp³-hybridized carbons (Fsp3) is 0.351. The maximum Gasteiger partial charge on any atom is 0.423 e. The number of thiophene rings is 1. The molecule has 2 aliphatic heterocycles. The van der Waals surface area contributed by atoms with Crippen molar-refractivity contribution >= 4 is 68.6 Å². The van der Waals surface area contributed by atoms with Gasteiger partial charge in [-0.15, -0.1) is 11.3 Å². The number of phenolic OH excluding ortho intramolecular Hbond substituents is 1. The van der Waals surface area contributed by atoms with Crippen LogP contribution in [0.2, 0.25) is 5.02 Å². The van der Waals surface area contributed by atoms with E-state index < -0.39 is 64.7 Å². The van der Waals surface area contributed by atoms with Gasteiger partial charge in [-0.2, -0.15) is 10.00 Å². The van der Waals surface area contributed by atoms with Crippen molar-refractivity contribution in [1.29, 1.82) is 0 Å². The van der Waals surface area contributed by atoms with Crippen LogP contribution in [-0.4, -0.2) is 63.7 Å². The van der Waals surface area contributed by atoms with Crippen molar-refractivity contribution in [2.75, 3.05) is 19.1 Å². The number of halogens is 1. The van der Waals surface area contributed by atoms with Gasteiger partial charge in [-0.3, -0.25) is 23.9 Å². The summed E-state index contributed by atoms with van der Waals surface area (Å²) in [5.41, 5.74) is 1.20. The fourth-order valence-electron chi connectivity index (χ4n) is 8.96. The number of benzene rings is 2. The fourth-order valence-corrected chi connectivity index (χ4v) is 10.3. The Morgan fingerprint density at radius 2 is 1.80 bits per heavy atom. The topological polar surface area (TPSA) is 148 Å². The number of aromatic nitrogens is 2. The van der Waals surface area contributed by atoms with Crippen molar-refractivity contribution in [2.45, 2.75) is 32.6 Å². The number of aryl methyl sites for hydroxylation is 2. The Morgan fingerprint density at radius 1 is 1.04 bits per heavy atom. The molecule has 2 aromatic heterocycles. The number of nitrogens with zero attached hydrogens (tertiary/aromatic N) is 4. The Kier molecular flexibility index (Phi) is 7.48. The van der Waals surface area contributed by atoms with E-state index in [1.165, 1.54) is 34.1 Å². The minimum absolute atomic E-state index is 0.0763. The molecule has 6 atom stereocenters. The molecule has 4 aromatic rings. The number of ether oxygens (including phenoxy) is 2. The summed E-state index contributed by atoms with van der Waals surface area (Å²) in [6.07, 6.45) is 0.993. The molecular formula is C37H33ClN4O8S. The molecule has 14 heteroatoms. The zero-order chi connectivity index (χ0) is 36.3. The molecule has 3 fully saturated rings. The summed E-state index contributed by atoms with van der Waals surface area (Å²) in [4.78, 5) is 72.0. The molecule has 4 heterocycles. The highest BCUT2D eigenvalue weighted by molar-refractivity contribution is 7.22. The van der Waals surface area contributed by atoms with Gasteiger partial charge in [0.2, 0.25) is 23.6 Å². The number of imide groups is 4. The van der Waals surface area contributed by atoms with Crippen LogP contribution in [0, 0.1) is 36.0 Å². The molecule has 1 N–H and O–H groups in total. The van der Waals surface area contributed by atoms with Crippen LogP contribution in [0.15, 0.2) is 54.1 Å². The predicted molar refractivity (Wildman–Crippen MR) is 187 cm³/mol. The molecule has 2 saturated heterocycles. The van der Waals surface area contributed by atoms with E-state index in [1.807, 2.05) is 31.2 Å². The first-order valence-corrected chi connectivity index (χ1v) is 17.6. The third-order valence-electron chi connectivity index (χ3n) is 11.4. The van der Waals surface area contributed by atoms with Crippen LogP contribution in [0.1, 0.15) is 36.8 Å². The third-order valence-corrected chi connectivity index (χ3v) is 12.9.